The van der Waals surface area contributed by atoms with E-state index in [4.69, 9.17) is 0 Å². The van der Waals surface area contributed by atoms with Crippen molar-refractivity contribution < 1.29 is 14.7 Å². The quantitative estimate of drug-likeness (QED) is 0.629. The molecule has 0 aliphatic heterocycles. The van der Waals surface area contributed by atoms with Gasteiger partial charge in [-0.15, -0.1) is 0 Å². The summed E-state index contributed by atoms with van der Waals surface area (Å²) in [5, 5.41) is 9.52. The lowest BCUT2D eigenvalue weighted by molar-refractivity contribution is -0.122. The lowest BCUT2D eigenvalue weighted by atomic mass is 9.97. The maximum atomic E-state index is 11.2. The van der Waals surface area contributed by atoms with Gasteiger partial charge in [-0.3, -0.25) is 4.79 Å². The Hall–Kier alpha value is -0.700. The van der Waals surface area contributed by atoms with Crippen molar-refractivity contribution in [3.05, 3.63) is 0 Å². The van der Waals surface area contributed by atoms with Gasteiger partial charge in [0.15, 0.2) is 0 Å². The van der Waals surface area contributed by atoms with Crippen molar-refractivity contribution in [2.75, 3.05) is 0 Å². The van der Waals surface area contributed by atoms with Gasteiger partial charge >= 0.3 is 0 Å². The summed E-state index contributed by atoms with van der Waals surface area (Å²) in [6.45, 7) is 1.86. The fourth-order valence-electron chi connectivity index (χ4n) is 1.76. The van der Waals surface area contributed by atoms with Gasteiger partial charge < -0.3 is 9.90 Å². The molecule has 1 saturated carbocycles. The van der Waals surface area contributed by atoms with E-state index >= 15 is 0 Å². The summed E-state index contributed by atoms with van der Waals surface area (Å²) in [5.41, 5.74) is 0. The summed E-state index contributed by atoms with van der Waals surface area (Å²) >= 11 is 0. The van der Waals surface area contributed by atoms with Crippen LogP contribution in [-0.2, 0) is 9.59 Å². The molecule has 1 rings (SSSR count). The number of aldehydes is 1. The molecule has 68 valence electrons. The van der Waals surface area contributed by atoms with Crippen LogP contribution in [0.25, 0.3) is 0 Å². The van der Waals surface area contributed by atoms with E-state index in [1.54, 1.807) is 0 Å². The summed E-state index contributed by atoms with van der Waals surface area (Å²) in [5.74, 6) is -0.115. The molecule has 2 unspecified atom stereocenters. The molecule has 1 aliphatic rings. The van der Waals surface area contributed by atoms with Crippen LogP contribution in [0, 0.1) is 11.8 Å². The van der Waals surface area contributed by atoms with Crippen LogP contribution in [-0.4, -0.2) is 23.3 Å². The average Bonchev–Trinajstić information content (AvgIpc) is 2.25. The van der Waals surface area contributed by atoms with Crippen molar-refractivity contribution in [2.24, 2.45) is 11.8 Å². The molecular formula is C9H14O3. The molecule has 12 heavy (non-hydrogen) atoms. The molecule has 0 bridgehead atoms. The third-order valence-electron chi connectivity index (χ3n) is 2.53. The highest BCUT2D eigenvalue weighted by atomic mass is 16.3. The summed E-state index contributed by atoms with van der Waals surface area (Å²) in [6, 6.07) is 0. The molecule has 0 saturated heterocycles. The first kappa shape index (κ1) is 9.39. The molecule has 0 amide bonds. The lowest BCUT2D eigenvalue weighted by Gasteiger charge is -2.13. The molecule has 1 fully saturated rings. The first-order valence-electron chi connectivity index (χ1n) is 4.31. The van der Waals surface area contributed by atoms with Crippen LogP contribution in [0.4, 0.5) is 0 Å². The van der Waals surface area contributed by atoms with Gasteiger partial charge in [0.05, 0.1) is 6.10 Å². The number of carbonyl (C=O) groups excluding carboxylic acids is 2. The Balaban J connectivity index is 2.51. The average molecular weight is 170 g/mol. The van der Waals surface area contributed by atoms with Crippen LogP contribution in [0.5, 0.6) is 0 Å². The van der Waals surface area contributed by atoms with Crippen molar-refractivity contribution >= 4 is 12.1 Å². The Morgan fingerprint density at radius 3 is 2.75 bits per heavy atom. The largest absolute Gasteiger partial charge is 0.392 e. The van der Waals surface area contributed by atoms with Gasteiger partial charge in [-0.1, -0.05) is 6.92 Å². The Morgan fingerprint density at radius 2 is 2.33 bits per heavy atom. The monoisotopic (exact) mass is 170 g/mol. The topological polar surface area (TPSA) is 54.4 Å². The van der Waals surface area contributed by atoms with Gasteiger partial charge in [0.1, 0.15) is 12.1 Å². The van der Waals surface area contributed by atoms with E-state index in [0.717, 1.165) is 6.29 Å². The third-order valence-corrected chi connectivity index (χ3v) is 2.53. The third kappa shape index (κ3) is 1.72. The van der Waals surface area contributed by atoms with E-state index in [1.807, 2.05) is 6.92 Å². The van der Waals surface area contributed by atoms with Crippen molar-refractivity contribution in [3.63, 3.8) is 0 Å². The second-order valence-electron chi connectivity index (χ2n) is 3.49. The zero-order valence-corrected chi connectivity index (χ0v) is 7.19. The molecule has 3 heteroatoms. The van der Waals surface area contributed by atoms with Gasteiger partial charge in [-0.2, -0.15) is 0 Å². The predicted octanol–water partition coefficient (Wildman–Crippen LogP) is 0.551. The molecule has 0 spiro atoms. The van der Waals surface area contributed by atoms with E-state index in [1.165, 1.54) is 0 Å². The number of aliphatic hydroxyl groups is 1. The first-order valence-corrected chi connectivity index (χ1v) is 4.31. The minimum atomic E-state index is -0.530. The van der Waals surface area contributed by atoms with Crippen LogP contribution in [0.2, 0.25) is 0 Å². The van der Waals surface area contributed by atoms with Crippen LogP contribution < -0.4 is 0 Å². The predicted molar refractivity (Wildman–Crippen MR) is 43.6 cm³/mol. The van der Waals surface area contributed by atoms with E-state index in [2.05, 4.69) is 0 Å². The first-order chi connectivity index (χ1) is 5.66. The van der Waals surface area contributed by atoms with Crippen LogP contribution in [0.1, 0.15) is 26.2 Å². The van der Waals surface area contributed by atoms with Crippen molar-refractivity contribution in [3.8, 4) is 0 Å². The zero-order valence-electron chi connectivity index (χ0n) is 7.19. The number of carbonyl (C=O) groups is 2. The number of hydrogen-bond acceptors (Lipinski definition) is 3. The SMILES string of the molecule is CC1CC(=O)C(CCC=O)[C@@H]1O. The summed E-state index contributed by atoms with van der Waals surface area (Å²) < 4.78 is 0. The molecule has 0 aromatic rings. The number of aliphatic hydroxyl groups excluding tert-OH is 1. The smallest absolute Gasteiger partial charge is 0.138 e. The fourth-order valence-corrected chi connectivity index (χ4v) is 1.76. The Bertz CT molecular complexity index is 188. The summed E-state index contributed by atoms with van der Waals surface area (Å²) in [6.07, 6.45) is 1.61. The van der Waals surface area contributed by atoms with Crippen molar-refractivity contribution in [1.82, 2.24) is 0 Å². The molecule has 0 radical (unpaired) electrons. The minimum absolute atomic E-state index is 0.0640. The van der Waals surface area contributed by atoms with Crippen LogP contribution in [0.15, 0.2) is 0 Å². The summed E-state index contributed by atoms with van der Waals surface area (Å²) in [4.78, 5) is 21.3. The highest BCUT2D eigenvalue weighted by Crippen LogP contribution is 2.30. The molecule has 1 N–H and O–H groups in total. The van der Waals surface area contributed by atoms with Crippen LogP contribution >= 0.6 is 0 Å². The van der Waals surface area contributed by atoms with Gasteiger partial charge in [-0.05, 0) is 12.3 Å². The molecular weight excluding hydrogens is 156 g/mol. The molecule has 1 aliphatic carbocycles. The Morgan fingerprint density at radius 1 is 1.67 bits per heavy atom. The highest BCUT2D eigenvalue weighted by molar-refractivity contribution is 5.84. The number of hydrogen-bond donors (Lipinski definition) is 1. The maximum absolute atomic E-state index is 11.2. The maximum Gasteiger partial charge on any atom is 0.138 e. The molecule has 3 nitrogen and oxygen atoms in total. The Labute approximate surface area is 71.8 Å². The number of ketones is 1. The number of Topliss-reactive ketones (excluding diaryl/α,β-unsaturated/α-hetero) is 1. The van der Waals surface area contributed by atoms with E-state index in [9.17, 15) is 14.7 Å². The van der Waals surface area contributed by atoms with Crippen molar-refractivity contribution in [2.45, 2.75) is 32.3 Å². The van der Waals surface area contributed by atoms with E-state index in [-0.39, 0.29) is 17.6 Å². The Kier molecular flexibility index (Phi) is 2.98. The lowest BCUT2D eigenvalue weighted by Crippen LogP contribution is -2.22. The van der Waals surface area contributed by atoms with Gasteiger partial charge in [-0.25, -0.2) is 0 Å². The molecule has 0 heterocycles. The summed E-state index contributed by atoms with van der Waals surface area (Å²) in [7, 11) is 0. The second kappa shape index (κ2) is 3.81. The second-order valence-corrected chi connectivity index (χ2v) is 3.49. The van der Waals surface area contributed by atoms with Crippen LogP contribution in [0.3, 0.4) is 0 Å². The number of rotatable bonds is 3. The van der Waals surface area contributed by atoms with Gasteiger partial charge in [0, 0.05) is 18.8 Å². The molecule has 0 aromatic heterocycles. The van der Waals surface area contributed by atoms with Gasteiger partial charge in [0.25, 0.3) is 0 Å². The van der Waals surface area contributed by atoms with E-state index in [0.29, 0.717) is 19.3 Å². The van der Waals surface area contributed by atoms with E-state index < -0.39 is 6.10 Å². The normalized spacial score (nSPS) is 35.5. The van der Waals surface area contributed by atoms with Gasteiger partial charge in [0.2, 0.25) is 0 Å². The zero-order chi connectivity index (χ0) is 9.14. The molecule has 3 atom stereocenters. The fraction of sp³-hybridized carbons (Fsp3) is 0.778. The highest BCUT2D eigenvalue weighted by Gasteiger charge is 2.37. The molecule has 0 aromatic carbocycles. The minimum Gasteiger partial charge on any atom is -0.392 e. The van der Waals surface area contributed by atoms with Crippen molar-refractivity contribution in [1.29, 1.82) is 0 Å². The standard InChI is InChI=1S/C9H14O3/c1-6-5-8(11)7(9(6)12)3-2-4-10/h4,6-7,9,12H,2-3,5H2,1H3/t6?,7?,9-/m1/s1.